The highest BCUT2D eigenvalue weighted by molar-refractivity contribution is 5.69. The van der Waals surface area contributed by atoms with Crippen LogP contribution in [-0.2, 0) is 23.7 Å². The molecular formula is C13H24O5. The minimum atomic E-state index is -0.569. The van der Waals surface area contributed by atoms with Crippen LogP contribution in [0.1, 0.15) is 40.0 Å². The van der Waals surface area contributed by atoms with E-state index in [4.69, 9.17) is 18.9 Å². The number of esters is 1. The van der Waals surface area contributed by atoms with E-state index in [2.05, 4.69) is 6.92 Å². The van der Waals surface area contributed by atoms with Crippen molar-refractivity contribution >= 4 is 5.97 Å². The topological polar surface area (TPSA) is 54.0 Å². The summed E-state index contributed by atoms with van der Waals surface area (Å²) in [6.45, 7) is 7.63. The number of carbonyl (C=O) groups is 1. The van der Waals surface area contributed by atoms with Gasteiger partial charge in [-0.05, 0) is 20.3 Å². The zero-order chi connectivity index (χ0) is 13.4. The lowest BCUT2D eigenvalue weighted by Gasteiger charge is -2.16. The van der Waals surface area contributed by atoms with Gasteiger partial charge in [0.1, 0.15) is 12.7 Å². The third kappa shape index (κ3) is 6.33. The largest absolute Gasteiger partial charge is 0.463 e. The Bertz CT molecular complexity index is 252. The highest BCUT2D eigenvalue weighted by Crippen LogP contribution is 2.22. The smallest absolute Gasteiger partial charge is 0.308 e. The van der Waals surface area contributed by atoms with Crippen LogP contribution in [0.15, 0.2) is 0 Å². The van der Waals surface area contributed by atoms with Crippen molar-refractivity contribution in [3.63, 3.8) is 0 Å². The fourth-order valence-electron chi connectivity index (χ4n) is 1.61. The fourth-order valence-corrected chi connectivity index (χ4v) is 1.61. The molecule has 0 spiro atoms. The second kappa shape index (κ2) is 7.71. The van der Waals surface area contributed by atoms with Crippen LogP contribution < -0.4 is 0 Å². The van der Waals surface area contributed by atoms with Crippen molar-refractivity contribution in [1.82, 2.24) is 0 Å². The Hall–Kier alpha value is -0.650. The molecule has 1 fully saturated rings. The summed E-state index contributed by atoms with van der Waals surface area (Å²) >= 11 is 0. The van der Waals surface area contributed by atoms with E-state index < -0.39 is 5.79 Å². The van der Waals surface area contributed by atoms with Gasteiger partial charge >= 0.3 is 5.97 Å². The molecule has 1 rings (SSSR count). The number of hydrogen-bond acceptors (Lipinski definition) is 5. The Balaban J connectivity index is 2.00. The van der Waals surface area contributed by atoms with Gasteiger partial charge in [0.2, 0.25) is 0 Å². The molecule has 5 heteroatoms. The first kappa shape index (κ1) is 15.4. The molecule has 106 valence electrons. The normalized spacial score (nSPS) is 22.1. The van der Waals surface area contributed by atoms with Crippen molar-refractivity contribution in [2.24, 2.45) is 0 Å². The second-order valence-corrected chi connectivity index (χ2v) is 4.85. The first-order chi connectivity index (χ1) is 8.53. The number of unbranched alkanes of at least 4 members (excludes halogenated alkanes) is 1. The minimum Gasteiger partial charge on any atom is -0.463 e. The van der Waals surface area contributed by atoms with Gasteiger partial charge in [0.25, 0.3) is 0 Å². The second-order valence-electron chi connectivity index (χ2n) is 4.85. The Labute approximate surface area is 109 Å². The summed E-state index contributed by atoms with van der Waals surface area (Å²) in [6.07, 6.45) is 2.25. The monoisotopic (exact) mass is 260 g/mol. The highest BCUT2D eigenvalue weighted by atomic mass is 16.7. The van der Waals surface area contributed by atoms with E-state index >= 15 is 0 Å². The lowest BCUT2D eigenvalue weighted by Crippen LogP contribution is -2.25. The van der Waals surface area contributed by atoms with Crippen LogP contribution >= 0.6 is 0 Å². The number of ether oxygens (including phenoxy) is 4. The summed E-state index contributed by atoms with van der Waals surface area (Å²) in [7, 11) is 0. The quantitative estimate of drug-likeness (QED) is 0.493. The van der Waals surface area contributed by atoms with Crippen molar-refractivity contribution in [2.75, 3.05) is 26.4 Å². The van der Waals surface area contributed by atoms with E-state index in [1.54, 1.807) is 0 Å². The SMILES string of the molecule is CCCCOCCC(=O)OCC1COC(C)(C)O1. The maximum atomic E-state index is 11.4. The van der Waals surface area contributed by atoms with E-state index in [0.29, 0.717) is 26.2 Å². The van der Waals surface area contributed by atoms with Crippen molar-refractivity contribution in [3.05, 3.63) is 0 Å². The van der Waals surface area contributed by atoms with Crippen LogP contribution in [0.25, 0.3) is 0 Å². The van der Waals surface area contributed by atoms with Gasteiger partial charge in [-0.15, -0.1) is 0 Å². The maximum Gasteiger partial charge on any atom is 0.308 e. The molecule has 0 N–H and O–H groups in total. The van der Waals surface area contributed by atoms with Crippen LogP contribution in [0, 0.1) is 0 Å². The molecular weight excluding hydrogens is 236 g/mol. The molecule has 1 unspecified atom stereocenters. The molecule has 0 amide bonds. The minimum absolute atomic E-state index is 0.162. The van der Waals surface area contributed by atoms with Crippen molar-refractivity contribution in [1.29, 1.82) is 0 Å². The summed E-state index contributed by atoms with van der Waals surface area (Å²) in [5, 5.41) is 0. The molecule has 0 radical (unpaired) electrons. The van der Waals surface area contributed by atoms with E-state index in [1.807, 2.05) is 13.8 Å². The zero-order valence-electron chi connectivity index (χ0n) is 11.6. The van der Waals surface area contributed by atoms with Gasteiger partial charge < -0.3 is 18.9 Å². The lowest BCUT2D eigenvalue weighted by molar-refractivity contribution is -0.159. The lowest BCUT2D eigenvalue weighted by atomic mass is 10.3. The molecule has 1 aliphatic heterocycles. The third-order valence-electron chi connectivity index (χ3n) is 2.59. The van der Waals surface area contributed by atoms with E-state index in [1.165, 1.54) is 0 Å². The summed E-state index contributed by atoms with van der Waals surface area (Å²) in [4.78, 5) is 11.4. The predicted molar refractivity (Wildman–Crippen MR) is 66.2 cm³/mol. The first-order valence-electron chi connectivity index (χ1n) is 6.58. The summed E-state index contributed by atoms with van der Waals surface area (Å²) in [5.74, 6) is -0.819. The van der Waals surface area contributed by atoms with Gasteiger partial charge in [-0.3, -0.25) is 4.79 Å². The average Bonchev–Trinajstić information content (AvgIpc) is 2.66. The molecule has 0 saturated carbocycles. The van der Waals surface area contributed by atoms with Crippen LogP contribution in [0.3, 0.4) is 0 Å². The first-order valence-corrected chi connectivity index (χ1v) is 6.58. The molecule has 5 nitrogen and oxygen atoms in total. The van der Waals surface area contributed by atoms with Crippen molar-refractivity contribution in [2.45, 2.75) is 51.9 Å². The summed E-state index contributed by atoms with van der Waals surface area (Å²) < 4.78 is 21.3. The summed E-state index contributed by atoms with van der Waals surface area (Å²) in [5.41, 5.74) is 0. The molecule has 1 heterocycles. The average molecular weight is 260 g/mol. The van der Waals surface area contributed by atoms with Gasteiger partial charge in [-0.25, -0.2) is 0 Å². The molecule has 0 bridgehead atoms. The molecule has 1 aliphatic rings. The van der Waals surface area contributed by atoms with Gasteiger partial charge in [-0.1, -0.05) is 13.3 Å². The molecule has 1 saturated heterocycles. The van der Waals surface area contributed by atoms with E-state index in [-0.39, 0.29) is 18.7 Å². The standard InChI is InChI=1S/C13H24O5/c1-4-5-7-15-8-6-12(14)16-9-11-10-17-13(2,3)18-11/h11H,4-10H2,1-3H3. The van der Waals surface area contributed by atoms with Gasteiger partial charge in [0.15, 0.2) is 5.79 Å². The fraction of sp³-hybridized carbons (Fsp3) is 0.923. The van der Waals surface area contributed by atoms with Crippen molar-refractivity contribution < 1.29 is 23.7 Å². The molecule has 0 aromatic carbocycles. The van der Waals surface area contributed by atoms with Crippen LogP contribution in [0.5, 0.6) is 0 Å². The van der Waals surface area contributed by atoms with Crippen molar-refractivity contribution in [3.8, 4) is 0 Å². The van der Waals surface area contributed by atoms with Gasteiger partial charge in [-0.2, -0.15) is 0 Å². The molecule has 0 aromatic rings. The maximum absolute atomic E-state index is 11.4. The van der Waals surface area contributed by atoms with E-state index in [0.717, 1.165) is 12.8 Å². The van der Waals surface area contributed by atoms with E-state index in [9.17, 15) is 4.79 Å². The number of carbonyl (C=O) groups excluding carboxylic acids is 1. The Morgan fingerprint density at radius 2 is 2.17 bits per heavy atom. The van der Waals surface area contributed by atoms with Gasteiger partial charge in [0, 0.05) is 6.61 Å². The Morgan fingerprint density at radius 1 is 1.39 bits per heavy atom. The van der Waals surface area contributed by atoms with Crippen LogP contribution in [0.2, 0.25) is 0 Å². The molecule has 18 heavy (non-hydrogen) atoms. The molecule has 1 atom stereocenters. The third-order valence-corrected chi connectivity index (χ3v) is 2.59. The molecule has 0 aromatic heterocycles. The highest BCUT2D eigenvalue weighted by Gasteiger charge is 2.33. The number of hydrogen-bond donors (Lipinski definition) is 0. The molecule has 0 aliphatic carbocycles. The van der Waals surface area contributed by atoms with Crippen LogP contribution in [0.4, 0.5) is 0 Å². The van der Waals surface area contributed by atoms with Gasteiger partial charge in [0.05, 0.1) is 19.6 Å². The Kier molecular flexibility index (Phi) is 6.60. The zero-order valence-corrected chi connectivity index (χ0v) is 11.6. The van der Waals surface area contributed by atoms with Crippen LogP contribution in [-0.4, -0.2) is 44.3 Å². The number of rotatable bonds is 8. The predicted octanol–water partition coefficient (Wildman–Crippen LogP) is 1.89. The summed E-state index contributed by atoms with van der Waals surface area (Å²) in [6, 6.07) is 0. The Morgan fingerprint density at radius 3 is 2.78 bits per heavy atom.